The Balaban J connectivity index is 1.46. The number of carbonyl (C=O) groups excluding carboxylic acids is 1. The fraction of sp³-hybridized carbons (Fsp3) is 0.208. The number of benzene rings is 2. The van der Waals surface area contributed by atoms with Crippen molar-refractivity contribution < 1.29 is 13.9 Å². The van der Waals surface area contributed by atoms with Crippen molar-refractivity contribution in [1.29, 1.82) is 5.26 Å². The average molecular weight is 449 g/mol. The zero-order valence-corrected chi connectivity index (χ0v) is 18.2. The van der Waals surface area contributed by atoms with Gasteiger partial charge in [0.1, 0.15) is 11.8 Å². The zero-order valence-electron chi connectivity index (χ0n) is 17.5. The van der Waals surface area contributed by atoms with Crippen LogP contribution in [-0.2, 0) is 0 Å². The molecule has 2 heterocycles. The average Bonchev–Trinajstić information content (AvgIpc) is 3.26. The largest absolute Gasteiger partial charge is 0.496 e. The van der Waals surface area contributed by atoms with Gasteiger partial charge in [-0.1, -0.05) is 41.9 Å². The van der Waals surface area contributed by atoms with Crippen LogP contribution >= 0.6 is 11.6 Å². The maximum Gasteiger partial charge on any atom is 0.257 e. The second-order valence-electron chi connectivity index (χ2n) is 7.15. The number of anilines is 1. The van der Waals surface area contributed by atoms with Crippen molar-refractivity contribution in [2.24, 2.45) is 0 Å². The SMILES string of the molecule is COc1ccccc1C(=O)N1CCN(c2oc(/C=C/c3ccccc3Cl)nc2C#N)CC1. The van der Waals surface area contributed by atoms with Crippen LogP contribution in [0, 0.1) is 11.3 Å². The first-order valence-electron chi connectivity index (χ1n) is 10.1. The van der Waals surface area contributed by atoms with Crippen molar-refractivity contribution >= 4 is 35.5 Å². The van der Waals surface area contributed by atoms with Gasteiger partial charge in [-0.25, -0.2) is 0 Å². The summed E-state index contributed by atoms with van der Waals surface area (Å²) in [5.41, 5.74) is 1.58. The Kier molecular flexibility index (Phi) is 6.43. The number of para-hydroxylation sites is 1. The molecule has 1 aliphatic heterocycles. The Morgan fingerprint density at radius 1 is 1.12 bits per heavy atom. The standard InChI is InChI=1S/C24H21ClN4O3/c1-31-21-9-5-3-7-18(21)23(30)28-12-14-29(15-13-28)24-20(16-26)27-22(32-24)11-10-17-6-2-4-8-19(17)25/h2-11H,12-15H2,1H3/b11-10+. The number of nitriles is 1. The maximum absolute atomic E-state index is 12.9. The van der Waals surface area contributed by atoms with Gasteiger partial charge >= 0.3 is 0 Å². The summed E-state index contributed by atoms with van der Waals surface area (Å²) >= 11 is 6.18. The van der Waals surface area contributed by atoms with Crippen LogP contribution in [0.1, 0.15) is 27.5 Å². The summed E-state index contributed by atoms with van der Waals surface area (Å²) < 4.78 is 11.2. The monoisotopic (exact) mass is 448 g/mol. The van der Waals surface area contributed by atoms with Crippen LogP contribution in [0.15, 0.2) is 52.9 Å². The molecule has 1 aliphatic rings. The molecule has 0 aliphatic carbocycles. The third kappa shape index (κ3) is 4.46. The molecule has 32 heavy (non-hydrogen) atoms. The minimum Gasteiger partial charge on any atom is -0.496 e. The van der Waals surface area contributed by atoms with Crippen LogP contribution < -0.4 is 9.64 Å². The van der Waals surface area contributed by atoms with Crippen molar-refractivity contribution in [3.05, 3.63) is 76.3 Å². The molecule has 0 bridgehead atoms. The van der Waals surface area contributed by atoms with E-state index in [1.54, 1.807) is 42.4 Å². The predicted molar refractivity (Wildman–Crippen MR) is 123 cm³/mol. The second kappa shape index (κ2) is 9.58. The van der Waals surface area contributed by atoms with Crippen LogP contribution in [0.3, 0.4) is 0 Å². The number of amides is 1. The molecule has 1 aromatic heterocycles. The van der Waals surface area contributed by atoms with Crippen molar-refractivity contribution in [3.63, 3.8) is 0 Å². The molecule has 1 saturated heterocycles. The minimum atomic E-state index is -0.0801. The fourth-order valence-corrected chi connectivity index (χ4v) is 3.76. The molecule has 0 unspecified atom stereocenters. The van der Waals surface area contributed by atoms with E-state index in [0.717, 1.165) is 5.56 Å². The van der Waals surface area contributed by atoms with Gasteiger partial charge in [-0.15, -0.1) is 0 Å². The van der Waals surface area contributed by atoms with E-state index in [2.05, 4.69) is 11.1 Å². The van der Waals surface area contributed by atoms with E-state index in [4.69, 9.17) is 20.8 Å². The molecule has 3 aromatic rings. The number of rotatable bonds is 5. The molecular formula is C24H21ClN4O3. The molecule has 0 spiro atoms. The number of halogens is 1. The molecule has 0 N–H and O–H groups in total. The lowest BCUT2D eigenvalue weighted by Crippen LogP contribution is -2.49. The Labute approximate surface area is 191 Å². The van der Waals surface area contributed by atoms with E-state index >= 15 is 0 Å². The Bertz CT molecular complexity index is 1190. The minimum absolute atomic E-state index is 0.0801. The van der Waals surface area contributed by atoms with Gasteiger partial charge < -0.3 is 19.0 Å². The molecule has 1 fully saturated rings. The molecule has 2 aromatic carbocycles. The highest BCUT2D eigenvalue weighted by Gasteiger charge is 2.27. The van der Waals surface area contributed by atoms with Gasteiger partial charge in [-0.2, -0.15) is 10.2 Å². The van der Waals surface area contributed by atoms with Crippen LogP contribution in [-0.4, -0.2) is 49.1 Å². The molecule has 162 valence electrons. The summed E-state index contributed by atoms with van der Waals surface area (Å²) in [6, 6.07) is 16.7. The number of ether oxygens (including phenoxy) is 1. The third-order valence-electron chi connectivity index (χ3n) is 5.23. The first-order chi connectivity index (χ1) is 15.6. The quantitative estimate of drug-likeness (QED) is 0.577. The molecule has 0 radical (unpaired) electrons. The van der Waals surface area contributed by atoms with Gasteiger partial charge in [-0.3, -0.25) is 4.79 Å². The summed E-state index contributed by atoms with van der Waals surface area (Å²) in [4.78, 5) is 20.9. The Hall–Kier alpha value is -3.76. The molecule has 0 atom stereocenters. The van der Waals surface area contributed by atoms with Crippen LogP contribution in [0.2, 0.25) is 5.02 Å². The third-order valence-corrected chi connectivity index (χ3v) is 5.58. The molecular weight excluding hydrogens is 428 g/mol. The Morgan fingerprint density at radius 3 is 2.56 bits per heavy atom. The van der Waals surface area contributed by atoms with Crippen molar-refractivity contribution in [3.8, 4) is 11.8 Å². The number of carbonyl (C=O) groups is 1. The lowest BCUT2D eigenvalue weighted by molar-refractivity contribution is 0.0742. The van der Waals surface area contributed by atoms with Gasteiger partial charge in [0.05, 0.1) is 12.7 Å². The van der Waals surface area contributed by atoms with Crippen molar-refractivity contribution in [1.82, 2.24) is 9.88 Å². The van der Waals surface area contributed by atoms with Crippen molar-refractivity contribution in [2.75, 3.05) is 38.2 Å². The smallest absolute Gasteiger partial charge is 0.257 e. The highest BCUT2D eigenvalue weighted by atomic mass is 35.5. The summed E-state index contributed by atoms with van der Waals surface area (Å²) in [6.45, 7) is 2.04. The van der Waals surface area contributed by atoms with Gasteiger partial charge in [0.2, 0.25) is 17.5 Å². The lowest BCUT2D eigenvalue weighted by Gasteiger charge is -2.34. The number of oxazole rings is 1. The van der Waals surface area contributed by atoms with Crippen LogP contribution in [0.25, 0.3) is 12.2 Å². The maximum atomic E-state index is 12.9. The van der Waals surface area contributed by atoms with E-state index in [0.29, 0.717) is 54.3 Å². The highest BCUT2D eigenvalue weighted by molar-refractivity contribution is 6.32. The summed E-state index contributed by atoms with van der Waals surface area (Å²) in [5.74, 6) is 1.21. The van der Waals surface area contributed by atoms with E-state index in [-0.39, 0.29) is 11.6 Å². The number of hydrogen-bond donors (Lipinski definition) is 0. The van der Waals surface area contributed by atoms with E-state index < -0.39 is 0 Å². The molecule has 4 rings (SSSR count). The molecule has 0 saturated carbocycles. The highest BCUT2D eigenvalue weighted by Crippen LogP contribution is 2.26. The van der Waals surface area contributed by atoms with E-state index in [9.17, 15) is 10.1 Å². The number of aromatic nitrogens is 1. The summed E-state index contributed by atoms with van der Waals surface area (Å²) in [7, 11) is 1.55. The summed E-state index contributed by atoms with van der Waals surface area (Å²) in [6.07, 6.45) is 3.48. The number of hydrogen-bond acceptors (Lipinski definition) is 6. The van der Waals surface area contributed by atoms with E-state index in [1.807, 2.05) is 35.2 Å². The van der Waals surface area contributed by atoms with Gasteiger partial charge in [0.15, 0.2) is 0 Å². The van der Waals surface area contributed by atoms with Crippen LogP contribution in [0.5, 0.6) is 5.75 Å². The topological polar surface area (TPSA) is 82.6 Å². The lowest BCUT2D eigenvalue weighted by atomic mass is 10.1. The zero-order chi connectivity index (χ0) is 22.5. The molecule has 7 nitrogen and oxygen atoms in total. The van der Waals surface area contributed by atoms with E-state index in [1.165, 1.54) is 0 Å². The first-order valence-corrected chi connectivity index (χ1v) is 10.5. The van der Waals surface area contributed by atoms with Gasteiger partial charge in [0.25, 0.3) is 5.91 Å². The second-order valence-corrected chi connectivity index (χ2v) is 7.56. The van der Waals surface area contributed by atoms with Crippen molar-refractivity contribution in [2.45, 2.75) is 0 Å². The first kappa shape index (κ1) is 21.5. The number of methoxy groups -OCH3 is 1. The molecule has 8 heteroatoms. The van der Waals surface area contributed by atoms with Gasteiger partial charge in [0, 0.05) is 37.3 Å². The normalized spacial score (nSPS) is 13.9. The summed E-state index contributed by atoms with van der Waals surface area (Å²) in [5, 5.41) is 10.1. The fourth-order valence-electron chi connectivity index (χ4n) is 3.56. The predicted octanol–water partition coefficient (Wildman–Crippen LogP) is 4.34. The Morgan fingerprint density at radius 2 is 1.84 bits per heavy atom. The van der Waals surface area contributed by atoms with Crippen LogP contribution in [0.4, 0.5) is 5.88 Å². The molecule has 1 amide bonds. The number of piperazine rings is 1. The number of nitrogens with zero attached hydrogens (tertiary/aromatic N) is 4. The van der Waals surface area contributed by atoms with Gasteiger partial charge in [-0.05, 0) is 29.8 Å².